The molecular formula is C22H27N7O2. The summed E-state index contributed by atoms with van der Waals surface area (Å²) in [5, 5.41) is 9.72. The Bertz CT molecular complexity index is 1110. The molecule has 0 aliphatic carbocycles. The number of aromatic nitrogens is 6. The Labute approximate surface area is 181 Å². The lowest BCUT2D eigenvalue weighted by Gasteiger charge is -2.19. The first-order valence-electron chi connectivity index (χ1n) is 10.2. The predicted molar refractivity (Wildman–Crippen MR) is 118 cm³/mol. The van der Waals surface area contributed by atoms with Crippen molar-refractivity contribution in [3.63, 3.8) is 0 Å². The average molecular weight is 422 g/mol. The van der Waals surface area contributed by atoms with E-state index in [1.807, 2.05) is 23.1 Å². The number of fused-ring (bicyclic) bond motifs is 1. The third kappa shape index (κ3) is 4.73. The number of H-pyrrole nitrogens is 1. The van der Waals surface area contributed by atoms with Gasteiger partial charge < -0.3 is 19.4 Å². The summed E-state index contributed by atoms with van der Waals surface area (Å²) in [5.41, 5.74) is 3.49. The molecular weight excluding hydrogens is 394 g/mol. The van der Waals surface area contributed by atoms with Gasteiger partial charge in [0.05, 0.1) is 24.2 Å². The van der Waals surface area contributed by atoms with Gasteiger partial charge in [-0.15, -0.1) is 5.10 Å². The lowest BCUT2D eigenvalue weighted by atomic mass is 10.0. The van der Waals surface area contributed by atoms with Gasteiger partial charge >= 0.3 is 0 Å². The van der Waals surface area contributed by atoms with Crippen LogP contribution in [0.1, 0.15) is 18.0 Å². The van der Waals surface area contributed by atoms with Crippen LogP contribution in [0.5, 0.6) is 5.88 Å². The molecule has 0 saturated carbocycles. The molecule has 1 aromatic carbocycles. The van der Waals surface area contributed by atoms with E-state index in [2.05, 4.69) is 68.5 Å². The van der Waals surface area contributed by atoms with Crippen LogP contribution in [0.2, 0.25) is 0 Å². The number of nitrogens with zero attached hydrogens (tertiary/aromatic N) is 6. The second-order valence-electron chi connectivity index (χ2n) is 7.55. The zero-order valence-corrected chi connectivity index (χ0v) is 18.0. The first kappa shape index (κ1) is 21.0. The summed E-state index contributed by atoms with van der Waals surface area (Å²) in [6.45, 7) is 1.82. The molecule has 0 radical (unpaired) electrons. The van der Waals surface area contributed by atoms with Crippen molar-refractivity contribution in [1.29, 1.82) is 0 Å². The van der Waals surface area contributed by atoms with Crippen LogP contribution < -0.4 is 4.74 Å². The van der Waals surface area contributed by atoms with E-state index in [4.69, 9.17) is 9.47 Å². The molecule has 3 heterocycles. The molecule has 162 valence electrons. The van der Waals surface area contributed by atoms with Crippen molar-refractivity contribution in [3.8, 4) is 17.1 Å². The Hall–Kier alpha value is -3.30. The standard InChI is InChI=1S/C22H27N7O2/c1-28(2)10-9-19(16-7-5-4-6-8-16)29-14-18(26-27-29)17-13-23-21-20(17)22(25-15-24-21)31-12-11-30-3/h4-8,13-15,19H,9-12H2,1-3H3,(H,23,24,25). The molecule has 1 N–H and O–H groups in total. The van der Waals surface area contributed by atoms with Crippen molar-refractivity contribution in [1.82, 2.24) is 34.8 Å². The van der Waals surface area contributed by atoms with E-state index in [1.165, 1.54) is 11.9 Å². The molecule has 0 bridgehead atoms. The maximum Gasteiger partial charge on any atom is 0.226 e. The fraction of sp³-hybridized carbons (Fsp3) is 0.364. The van der Waals surface area contributed by atoms with Crippen LogP contribution in [0.25, 0.3) is 22.3 Å². The van der Waals surface area contributed by atoms with Crippen LogP contribution in [-0.4, -0.2) is 75.8 Å². The highest BCUT2D eigenvalue weighted by atomic mass is 16.5. The lowest BCUT2D eigenvalue weighted by molar-refractivity contribution is 0.144. The molecule has 31 heavy (non-hydrogen) atoms. The Morgan fingerprint density at radius 3 is 2.74 bits per heavy atom. The molecule has 0 saturated heterocycles. The van der Waals surface area contributed by atoms with Crippen LogP contribution in [0.3, 0.4) is 0 Å². The van der Waals surface area contributed by atoms with E-state index in [9.17, 15) is 0 Å². The first-order valence-corrected chi connectivity index (χ1v) is 10.2. The van der Waals surface area contributed by atoms with Crippen molar-refractivity contribution >= 4 is 11.0 Å². The quantitative estimate of drug-likeness (QED) is 0.394. The summed E-state index contributed by atoms with van der Waals surface area (Å²) in [7, 11) is 5.79. The van der Waals surface area contributed by atoms with E-state index in [1.54, 1.807) is 7.11 Å². The molecule has 0 aliphatic rings. The number of ether oxygens (including phenoxy) is 2. The van der Waals surface area contributed by atoms with Crippen molar-refractivity contribution < 1.29 is 9.47 Å². The van der Waals surface area contributed by atoms with Gasteiger partial charge in [-0.05, 0) is 32.6 Å². The molecule has 1 unspecified atom stereocenters. The largest absolute Gasteiger partial charge is 0.475 e. The van der Waals surface area contributed by atoms with Crippen molar-refractivity contribution in [2.24, 2.45) is 0 Å². The third-order valence-corrected chi connectivity index (χ3v) is 5.10. The summed E-state index contributed by atoms with van der Waals surface area (Å²) in [6, 6.07) is 10.5. The number of hydrogen-bond acceptors (Lipinski definition) is 7. The van der Waals surface area contributed by atoms with E-state index in [0.717, 1.165) is 29.6 Å². The summed E-state index contributed by atoms with van der Waals surface area (Å²) in [6.07, 6.45) is 6.24. The van der Waals surface area contributed by atoms with Crippen LogP contribution in [0.4, 0.5) is 0 Å². The zero-order chi connectivity index (χ0) is 21.6. The van der Waals surface area contributed by atoms with Crippen molar-refractivity contribution in [3.05, 3.63) is 54.6 Å². The average Bonchev–Trinajstić information content (AvgIpc) is 3.42. The van der Waals surface area contributed by atoms with Gasteiger partial charge in [0, 0.05) is 18.9 Å². The SMILES string of the molecule is COCCOc1ncnc2[nH]cc(-c3cn(C(CCN(C)C)c4ccccc4)nn3)c12. The third-order valence-electron chi connectivity index (χ3n) is 5.10. The number of benzene rings is 1. The summed E-state index contributed by atoms with van der Waals surface area (Å²) < 4.78 is 12.8. The number of methoxy groups -OCH3 is 1. The van der Waals surface area contributed by atoms with Gasteiger partial charge in [-0.3, -0.25) is 0 Å². The molecule has 9 nitrogen and oxygen atoms in total. The minimum Gasteiger partial charge on any atom is -0.475 e. The van der Waals surface area contributed by atoms with Crippen LogP contribution in [-0.2, 0) is 4.74 Å². The second-order valence-corrected chi connectivity index (χ2v) is 7.55. The van der Waals surface area contributed by atoms with Gasteiger partial charge in [0.15, 0.2) is 0 Å². The van der Waals surface area contributed by atoms with Gasteiger partial charge in [0.25, 0.3) is 0 Å². The molecule has 4 rings (SSSR count). The molecule has 9 heteroatoms. The summed E-state index contributed by atoms with van der Waals surface area (Å²) in [5.74, 6) is 0.500. The van der Waals surface area contributed by atoms with Gasteiger partial charge in [-0.1, -0.05) is 35.5 Å². The topological polar surface area (TPSA) is 94.0 Å². The van der Waals surface area contributed by atoms with Crippen LogP contribution in [0, 0.1) is 0 Å². The number of hydrogen-bond donors (Lipinski definition) is 1. The molecule has 0 spiro atoms. The minimum atomic E-state index is 0.0868. The highest BCUT2D eigenvalue weighted by Crippen LogP contribution is 2.33. The van der Waals surface area contributed by atoms with Crippen molar-refractivity contribution in [2.45, 2.75) is 12.5 Å². The first-order chi connectivity index (χ1) is 15.2. The fourth-order valence-corrected chi connectivity index (χ4v) is 3.53. The van der Waals surface area contributed by atoms with E-state index >= 15 is 0 Å². The Morgan fingerprint density at radius 2 is 1.97 bits per heavy atom. The highest BCUT2D eigenvalue weighted by Gasteiger charge is 2.20. The maximum atomic E-state index is 5.81. The van der Waals surface area contributed by atoms with Gasteiger partial charge in [-0.25, -0.2) is 14.6 Å². The Balaban J connectivity index is 1.68. The lowest BCUT2D eigenvalue weighted by Crippen LogP contribution is -2.20. The molecule has 4 aromatic rings. The maximum absolute atomic E-state index is 5.81. The normalized spacial score (nSPS) is 12.5. The Morgan fingerprint density at radius 1 is 1.13 bits per heavy atom. The second kappa shape index (κ2) is 9.67. The zero-order valence-electron chi connectivity index (χ0n) is 18.0. The highest BCUT2D eigenvalue weighted by molar-refractivity contribution is 5.95. The molecule has 0 aliphatic heterocycles. The summed E-state index contributed by atoms with van der Waals surface area (Å²) in [4.78, 5) is 14.0. The molecule has 0 fully saturated rings. The Kier molecular flexibility index (Phi) is 6.54. The molecule has 0 amide bonds. The van der Waals surface area contributed by atoms with E-state index in [0.29, 0.717) is 24.7 Å². The summed E-state index contributed by atoms with van der Waals surface area (Å²) >= 11 is 0. The van der Waals surface area contributed by atoms with Gasteiger partial charge in [0.2, 0.25) is 5.88 Å². The van der Waals surface area contributed by atoms with E-state index < -0.39 is 0 Å². The number of nitrogens with one attached hydrogen (secondary N) is 1. The van der Waals surface area contributed by atoms with Crippen LogP contribution >= 0.6 is 0 Å². The predicted octanol–water partition coefficient (Wildman–Crippen LogP) is 2.78. The number of rotatable bonds is 10. The smallest absolute Gasteiger partial charge is 0.226 e. The minimum absolute atomic E-state index is 0.0868. The molecule has 3 aromatic heterocycles. The van der Waals surface area contributed by atoms with Gasteiger partial charge in [-0.2, -0.15) is 0 Å². The van der Waals surface area contributed by atoms with E-state index in [-0.39, 0.29) is 6.04 Å². The van der Waals surface area contributed by atoms with Gasteiger partial charge in [0.1, 0.15) is 24.3 Å². The fourth-order valence-electron chi connectivity index (χ4n) is 3.53. The monoisotopic (exact) mass is 421 g/mol. The number of aromatic amines is 1. The van der Waals surface area contributed by atoms with Crippen LogP contribution in [0.15, 0.2) is 49.1 Å². The molecule has 1 atom stereocenters. The van der Waals surface area contributed by atoms with Crippen molar-refractivity contribution in [2.75, 3.05) is 41.0 Å².